The van der Waals surface area contributed by atoms with Gasteiger partial charge in [-0.05, 0) is 32.4 Å². The van der Waals surface area contributed by atoms with Crippen LogP contribution in [-0.2, 0) is 9.59 Å². The second-order valence-corrected chi connectivity index (χ2v) is 5.13. The monoisotopic (exact) mass is 276 g/mol. The van der Waals surface area contributed by atoms with Gasteiger partial charge >= 0.3 is 0 Å². The highest BCUT2D eigenvalue weighted by Crippen LogP contribution is 2.34. The third kappa shape index (κ3) is 2.92. The largest absolute Gasteiger partial charge is 0.478 e. The van der Waals surface area contributed by atoms with Crippen molar-refractivity contribution in [2.24, 2.45) is 0 Å². The van der Waals surface area contributed by atoms with Gasteiger partial charge in [0, 0.05) is 6.04 Å². The molecule has 0 radical (unpaired) electrons. The lowest BCUT2D eigenvalue weighted by molar-refractivity contribution is -0.129. The number of rotatable bonds is 4. The summed E-state index contributed by atoms with van der Waals surface area (Å²) in [5.74, 6) is 0.321. The second kappa shape index (κ2) is 5.94. The van der Waals surface area contributed by atoms with Crippen molar-refractivity contribution in [2.75, 3.05) is 11.4 Å². The highest BCUT2D eigenvalue weighted by molar-refractivity contribution is 6.03. The molecule has 0 spiro atoms. The highest BCUT2D eigenvalue weighted by Gasteiger charge is 2.34. The van der Waals surface area contributed by atoms with Crippen molar-refractivity contribution >= 4 is 17.5 Å². The van der Waals surface area contributed by atoms with E-state index in [2.05, 4.69) is 5.32 Å². The summed E-state index contributed by atoms with van der Waals surface area (Å²) in [6.45, 7) is 5.69. The summed E-state index contributed by atoms with van der Waals surface area (Å²) < 4.78 is 5.66. The Kier molecular flexibility index (Phi) is 4.27. The first-order valence-electron chi connectivity index (χ1n) is 6.89. The van der Waals surface area contributed by atoms with E-state index in [0.29, 0.717) is 17.9 Å². The van der Waals surface area contributed by atoms with Crippen LogP contribution in [0.25, 0.3) is 0 Å². The lowest BCUT2D eigenvalue weighted by atomic mass is 10.1. The first-order chi connectivity index (χ1) is 9.52. The first-order valence-corrected chi connectivity index (χ1v) is 6.89. The van der Waals surface area contributed by atoms with Gasteiger partial charge < -0.3 is 10.1 Å². The maximum atomic E-state index is 12.4. The molecule has 1 aliphatic rings. The Morgan fingerprint density at radius 2 is 2.10 bits per heavy atom. The molecular formula is C15H20N2O3. The summed E-state index contributed by atoms with van der Waals surface area (Å²) >= 11 is 0. The number of carbonyl (C=O) groups excluding carboxylic acids is 2. The minimum Gasteiger partial charge on any atom is -0.478 e. The molecule has 0 bridgehead atoms. The molecule has 20 heavy (non-hydrogen) atoms. The van der Waals surface area contributed by atoms with Gasteiger partial charge in [0.05, 0.1) is 5.69 Å². The standard InChI is InChI=1S/C15H20N2O3/c1-4-12-15(19)17(9-14(18)16-10(2)3)11-7-5-6-8-13(11)20-12/h5-8,10,12H,4,9H2,1-3H3,(H,16,18). The molecule has 0 saturated heterocycles. The number of ether oxygens (including phenoxy) is 1. The van der Waals surface area contributed by atoms with Crippen molar-refractivity contribution < 1.29 is 14.3 Å². The molecule has 1 atom stereocenters. The summed E-state index contributed by atoms with van der Waals surface area (Å²) in [4.78, 5) is 25.8. The molecule has 0 aromatic heterocycles. The van der Waals surface area contributed by atoms with Crippen LogP contribution < -0.4 is 15.0 Å². The first kappa shape index (κ1) is 14.4. The van der Waals surface area contributed by atoms with E-state index < -0.39 is 6.10 Å². The molecule has 1 heterocycles. The van der Waals surface area contributed by atoms with Crippen LogP contribution in [0.2, 0.25) is 0 Å². The van der Waals surface area contributed by atoms with E-state index in [1.165, 1.54) is 4.90 Å². The van der Waals surface area contributed by atoms with E-state index in [9.17, 15) is 9.59 Å². The number of hydrogen-bond acceptors (Lipinski definition) is 3. The predicted octanol–water partition coefficient (Wildman–Crippen LogP) is 1.72. The number of fused-ring (bicyclic) bond motifs is 1. The predicted molar refractivity (Wildman–Crippen MR) is 76.8 cm³/mol. The van der Waals surface area contributed by atoms with Gasteiger partial charge in [0.2, 0.25) is 5.91 Å². The van der Waals surface area contributed by atoms with Crippen molar-refractivity contribution in [2.45, 2.75) is 39.3 Å². The summed E-state index contributed by atoms with van der Waals surface area (Å²) in [5.41, 5.74) is 0.654. The van der Waals surface area contributed by atoms with Gasteiger partial charge in [0.25, 0.3) is 5.91 Å². The molecule has 2 rings (SSSR count). The number of amides is 2. The Morgan fingerprint density at radius 1 is 1.40 bits per heavy atom. The van der Waals surface area contributed by atoms with Crippen molar-refractivity contribution in [3.8, 4) is 5.75 Å². The number of nitrogens with zero attached hydrogens (tertiary/aromatic N) is 1. The Balaban J connectivity index is 2.25. The topological polar surface area (TPSA) is 58.6 Å². The van der Waals surface area contributed by atoms with Crippen LogP contribution in [0, 0.1) is 0 Å². The van der Waals surface area contributed by atoms with Crippen molar-refractivity contribution in [1.82, 2.24) is 5.32 Å². The summed E-state index contributed by atoms with van der Waals surface area (Å²) in [6, 6.07) is 7.35. The van der Waals surface area contributed by atoms with Gasteiger partial charge in [-0.1, -0.05) is 19.1 Å². The molecule has 0 fully saturated rings. The number of benzene rings is 1. The van der Waals surface area contributed by atoms with E-state index in [0.717, 1.165) is 0 Å². The number of hydrogen-bond donors (Lipinski definition) is 1. The maximum Gasteiger partial charge on any atom is 0.268 e. The van der Waals surface area contributed by atoms with Crippen LogP contribution in [0.15, 0.2) is 24.3 Å². The molecule has 108 valence electrons. The van der Waals surface area contributed by atoms with Crippen molar-refractivity contribution in [1.29, 1.82) is 0 Å². The quantitative estimate of drug-likeness (QED) is 0.911. The van der Waals surface area contributed by atoms with Crippen LogP contribution in [0.4, 0.5) is 5.69 Å². The Labute approximate surface area is 118 Å². The second-order valence-electron chi connectivity index (χ2n) is 5.13. The molecule has 5 heteroatoms. The van der Waals surface area contributed by atoms with E-state index in [1.807, 2.05) is 39.0 Å². The Hall–Kier alpha value is -2.04. The molecule has 1 N–H and O–H groups in total. The molecular weight excluding hydrogens is 256 g/mol. The smallest absolute Gasteiger partial charge is 0.268 e. The highest BCUT2D eigenvalue weighted by atomic mass is 16.5. The zero-order chi connectivity index (χ0) is 14.7. The zero-order valence-electron chi connectivity index (χ0n) is 12.1. The lowest BCUT2D eigenvalue weighted by Gasteiger charge is -2.33. The van der Waals surface area contributed by atoms with Crippen LogP contribution in [-0.4, -0.2) is 30.5 Å². The molecule has 0 aliphatic carbocycles. The maximum absolute atomic E-state index is 12.4. The lowest BCUT2D eigenvalue weighted by Crippen LogP contribution is -2.50. The number of para-hydroxylation sites is 2. The van der Waals surface area contributed by atoms with Gasteiger partial charge in [-0.25, -0.2) is 0 Å². The van der Waals surface area contributed by atoms with Crippen LogP contribution in [0.3, 0.4) is 0 Å². The fraction of sp³-hybridized carbons (Fsp3) is 0.467. The average molecular weight is 276 g/mol. The molecule has 0 saturated carbocycles. The Morgan fingerprint density at radius 3 is 2.75 bits per heavy atom. The molecule has 1 aromatic rings. The summed E-state index contributed by atoms with van der Waals surface area (Å²) in [5, 5.41) is 2.80. The molecule has 1 aromatic carbocycles. The minimum absolute atomic E-state index is 0.0217. The Bertz CT molecular complexity index is 514. The minimum atomic E-state index is -0.517. The molecule has 1 aliphatic heterocycles. The fourth-order valence-electron chi connectivity index (χ4n) is 2.21. The number of nitrogens with one attached hydrogen (secondary N) is 1. The van der Waals surface area contributed by atoms with Gasteiger partial charge in [-0.15, -0.1) is 0 Å². The van der Waals surface area contributed by atoms with E-state index in [1.54, 1.807) is 6.07 Å². The van der Waals surface area contributed by atoms with E-state index in [4.69, 9.17) is 4.74 Å². The summed E-state index contributed by atoms with van der Waals surface area (Å²) in [6.07, 6.45) is 0.0619. The third-order valence-corrected chi connectivity index (χ3v) is 3.09. The fourth-order valence-corrected chi connectivity index (χ4v) is 2.21. The summed E-state index contributed by atoms with van der Waals surface area (Å²) in [7, 11) is 0. The van der Waals surface area contributed by atoms with Crippen LogP contribution in [0.5, 0.6) is 5.75 Å². The SMILES string of the molecule is CCC1Oc2ccccc2N(CC(=O)NC(C)C)C1=O. The van der Waals surface area contributed by atoms with E-state index in [-0.39, 0.29) is 24.4 Å². The molecule has 1 unspecified atom stereocenters. The average Bonchev–Trinajstić information content (AvgIpc) is 2.40. The molecule has 2 amide bonds. The normalized spacial score (nSPS) is 17.7. The van der Waals surface area contributed by atoms with Gasteiger partial charge in [-0.2, -0.15) is 0 Å². The number of carbonyl (C=O) groups is 2. The van der Waals surface area contributed by atoms with Gasteiger partial charge in [0.15, 0.2) is 6.10 Å². The van der Waals surface area contributed by atoms with Crippen molar-refractivity contribution in [3.05, 3.63) is 24.3 Å². The zero-order valence-corrected chi connectivity index (χ0v) is 12.1. The van der Waals surface area contributed by atoms with Crippen LogP contribution >= 0.6 is 0 Å². The number of anilines is 1. The van der Waals surface area contributed by atoms with Gasteiger partial charge in [0.1, 0.15) is 12.3 Å². The van der Waals surface area contributed by atoms with Gasteiger partial charge in [-0.3, -0.25) is 14.5 Å². The van der Waals surface area contributed by atoms with Crippen LogP contribution in [0.1, 0.15) is 27.2 Å². The molecule has 5 nitrogen and oxygen atoms in total. The van der Waals surface area contributed by atoms with E-state index >= 15 is 0 Å². The van der Waals surface area contributed by atoms with Crippen molar-refractivity contribution in [3.63, 3.8) is 0 Å². The third-order valence-electron chi connectivity index (χ3n) is 3.09.